The maximum Gasteiger partial charge on any atom is 0.256 e. The molecule has 3 rings (SSSR count). The summed E-state index contributed by atoms with van der Waals surface area (Å²) >= 11 is 0. The molecule has 2 heterocycles. The molecule has 2 aliphatic heterocycles. The molecule has 0 radical (unpaired) electrons. The first-order valence-electron chi connectivity index (χ1n) is 5.29. The van der Waals surface area contributed by atoms with Crippen LogP contribution in [-0.4, -0.2) is 24.0 Å². The van der Waals surface area contributed by atoms with Crippen molar-refractivity contribution in [2.75, 3.05) is 13.2 Å². The van der Waals surface area contributed by atoms with Crippen molar-refractivity contribution in [1.29, 1.82) is 0 Å². The molecule has 0 N–H and O–H groups in total. The summed E-state index contributed by atoms with van der Waals surface area (Å²) in [5.74, 6) is 0.104. The number of ether oxygens (including phenoxy) is 1. The smallest absolute Gasteiger partial charge is 0.256 e. The van der Waals surface area contributed by atoms with E-state index in [-0.39, 0.29) is 5.91 Å². The van der Waals surface area contributed by atoms with Crippen LogP contribution < -0.4 is 0 Å². The molecule has 0 unspecified atom stereocenters. The highest BCUT2D eigenvalue weighted by molar-refractivity contribution is 5.99. The number of hydrogen-bond donors (Lipinski definition) is 0. The maximum atomic E-state index is 12.1. The monoisotopic (exact) mass is 203 g/mol. The number of carbonyl (C=O) groups is 1. The molecule has 1 aromatic rings. The fourth-order valence-electron chi connectivity index (χ4n) is 2.52. The number of fused-ring (bicyclic) bond motifs is 3. The Labute approximate surface area is 88.6 Å². The second-order valence-electron chi connectivity index (χ2n) is 4.19. The second kappa shape index (κ2) is 2.83. The van der Waals surface area contributed by atoms with Crippen LogP contribution in [0.3, 0.4) is 0 Å². The number of hydrogen-bond acceptors (Lipinski definition) is 2. The molecule has 1 fully saturated rings. The van der Waals surface area contributed by atoms with Crippen LogP contribution >= 0.6 is 0 Å². The van der Waals surface area contributed by atoms with E-state index in [1.165, 1.54) is 0 Å². The first-order valence-corrected chi connectivity index (χ1v) is 5.29. The van der Waals surface area contributed by atoms with E-state index in [1.807, 2.05) is 36.1 Å². The number of amides is 1. The van der Waals surface area contributed by atoms with Gasteiger partial charge in [-0.15, -0.1) is 0 Å². The maximum absolute atomic E-state index is 12.1. The number of benzene rings is 1. The van der Waals surface area contributed by atoms with Crippen molar-refractivity contribution < 1.29 is 9.53 Å². The fraction of sp³-hybridized carbons (Fsp3) is 0.417. The van der Waals surface area contributed by atoms with Gasteiger partial charge in [-0.3, -0.25) is 4.79 Å². The molecule has 2 aliphatic rings. The normalized spacial score (nSPS) is 28.9. The fourth-order valence-corrected chi connectivity index (χ4v) is 2.52. The Kier molecular flexibility index (Phi) is 1.68. The van der Waals surface area contributed by atoms with Gasteiger partial charge in [-0.1, -0.05) is 18.2 Å². The number of nitrogens with zero attached hydrogens (tertiary/aromatic N) is 1. The van der Waals surface area contributed by atoms with Crippen molar-refractivity contribution in [1.82, 2.24) is 4.90 Å². The van der Waals surface area contributed by atoms with Crippen LogP contribution in [0.5, 0.6) is 0 Å². The predicted molar refractivity (Wildman–Crippen MR) is 55.4 cm³/mol. The molecule has 0 aromatic heterocycles. The van der Waals surface area contributed by atoms with Gasteiger partial charge in [0.2, 0.25) is 0 Å². The number of rotatable bonds is 0. The lowest BCUT2D eigenvalue weighted by Crippen LogP contribution is -2.48. The van der Waals surface area contributed by atoms with Crippen LogP contribution in [0.4, 0.5) is 0 Å². The Bertz CT molecular complexity index is 429. The van der Waals surface area contributed by atoms with E-state index in [0.717, 1.165) is 30.7 Å². The molecule has 1 atom stereocenters. The molecule has 0 saturated carbocycles. The van der Waals surface area contributed by atoms with E-state index in [1.54, 1.807) is 0 Å². The topological polar surface area (TPSA) is 29.5 Å². The summed E-state index contributed by atoms with van der Waals surface area (Å²) in [6.45, 7) is 3.51. The second-order valence-corrected chi connectivity index (χ2v) is 4.19. The van der Waals surface area contributed by atoms with E-state index in [0.29, 0.717) is 0 Å². The highest BCUT2D eigenvalue weighted by Gasteiger charge is 2.48. The van der Waals surface area contributed by atoms with Crippen molar-refractivity contribution >= 4 is 5.91 Å². The largest absolute Gasteiger partial charge is 0.351 e. The van der Waals surface area contributed by atoms with Gasteiger partial charge in [0, 0.05) is 17.7 Å². The lowest BCUT2D eigenvalue weighted by Gasteiger charge is -2.39. The summed E-state index contributed by atoms with van der Waals surface area (Å²) in [7, 11) is 0. The summed E-state index contributed by atoms with van der Waals surface area (Å²) in [6.07, 6.45) is 0.926. The number of carbonyl (C=O) groups excluding carboxylic acids is 1. The van der Waals surface area contributed by atoms with Gasteiger partial charge in [-0.05, 0) is 19.4 Å². The van der Waals surface area contributed by atoms with Gasteiger partial charge in [0.05, 0.1) is 6.61 Å². The summed E-state index contributed by atoms with van der Waals surface area (Å²) in [4.78, 5) is 13.9. The zero-order valence-electron chi connectivity index (χ0n) is 8.69. The molecule has 1 amide bonds. The highest BCUT2D eigenvalue weighted by atomic mass is 16.5. The lowest BCUT2D eigenvalue weighted by molar-refractivity contribution is -0.153. The summed E-state index contributed by atoms with van der Waals surface area (Å²) in [5, 5.41) is 0. The average Bonchev–Trinajstić information content (AvgIpc) is 2.50. The van der Waals surface area contributed by atoms with Crippen LogP contribution in [0.25, 0.3) is 0 Å². The van der Waals surface area contributed by atoms with E-state index >= 15 is 0 Å². The Morgan fingerprint density at radius 3 is 3.07 bits per heavy atom. The van der Waals surface area contributed by atoms with Crippen LogP contribution in [0.2, 0.25) is 0 Å². The first kappa shape index (κ1) is 8.92. The molecule has 0 bridgehead atoms. The average molecular weight is 203 g/mol. The minimum atomic E-state index is -0.522. The van der Waals surface area contributed by atoms with Crippen molar-refractivity contribution in [2.45, 2.75) is 19.1 Å². The minimum absolute atomic E-state index is 0.104. The zero-order chi connectivity index (χ0) is 10.5. The molecule has 1 aromatic carbocycles. The standard InChI is InChI=1S/C12H13NO2/c1-12-10-6-3-2-5-9(10)11(14)13(12)7-4-8-15-12/h2-3,5-6H,4,7-8H2,1H3/t12-/m1/s1. The van der Waals surface area contributed by atoms with E-state index in [4.69, 9.17) is 4.74 Å². The van der Waals surface area contributed by atoms with Crippen molar-refractivity contribution in [2.24, 2.45) is 0 Å². The van der Waals surface area contributed by atoms with Crippen LogP contribution in [0, 0.1) is 0 Å². The van der Waals surface area contributed by atoms with Gasteiger partial charge in [0.15, 0.2) is 5.72 Å². The molecular weight excluding hydrogens is 190 g/mol. The lowest BCUT2D eigenvalue weighted by atomic mass is 10.0. The van der Waals surface area contributed by atoms with Crippen LogP contribution in [-0.2, 0) is 10.5 Å². The van der Waals surface area contributed by atoms with Gasteiger partial charge < -0.3 is 9.64 Å². The Morgan fingerprint density at radius 1 is 1.40 bits per heavy atom. The molecule has 3 heteroatoms. The summed E-state index contributed by atoms with van der Waals surface area (Å²) < 4.78 is 5.79. The van der Waals surface area contributed by atoms with E-state index < -0.39 is 5.72 Å². The third-order valence-corrected chi connectivity index (χ3v) is 3.33. The van der Waals surface area contributed by atoms with Crippen LogP contribution in [0.15, 0.2) is 24.3 Å². The highest BCUT2D eigenvalue weighted by Crippen LogP contribution is 2.41. The molecule has 0 spiro atoms. The predicted octanol–water partition coefficient (Wildman–Crippen LogP) is 1.74. The van der Waals surface area contributed by atoms with Gasteiger partial charge in [0.1, 0.15) is 0 Å². The van der Waals surface area contributed by atoms with E-state index in [9.17, 15) is 4.79 Å². The summed E-state index contributed by atoms with van der Waals surface area (Å²) in [6, 6.07) is 7.72. The van der Waals surface area contributed by atoms with E-state index in [2.05, 4.69) is 0 Å². The Morgan fingerprint density at radius 2 is 2.20 bits per heavy atom. The Balaban J connectivity index is 2.20. The van der Waals surface area contributed by atoms with Crippen molar-refractivity contribution in [3.05, 3.63) is 35.4 Å². The Hall–Kier alpha value is -1.35. The van der Waals surface area contributed by atoms with Gasteiger partial charge in [-0.25, -0.2) is 0 Å². The van der Waals surface area contributed by atoms with Gasteiger partial charge >= 0.3 is 0 Å². The minimum Gasteiger partial charge on any atom is -0.351 e. The molecule has 1 saturated heterocycles. The third-order valence-electron chi connectivity index (χ3n) is 3.33. The first-order chi connectivity index (χ1) is 7.23. The molecule has 3 nitrogen and oxygen atoms in total. The third kappa shape index (κ3) is 1.01. The van der Waals surface area contributed by atoms with Crippen molar-refractivity contribution in [3.8, 4) is 0 Å². The molecule has 15 heavy (non-hydrogen) atoms. The quantitative estimate of drug-likeness (QED) is 0.642. The molecular formula is C12H13NO2. The molecule has 78 valence electrons. The SMILES string of the molecule is C[C@]12OCCCN1C(=O)c1ccccc12. The van der Waals surface area contributed by atoms with Crippen molar-refractivity contribution in [3.63, 3.8) is 0 Å². The molecule has 0 aliphatic carbocycles. The van der Waals surface area contributed by atoms with Gasteiger partial charge in [0.25, 0.3) is 5.91 Å². The van der Waals surface area contributed by atoms with Crippen LogP contribution in [0.1, 0.15) is 29.3 Å². The summed E-state index contributed by atoms with van der Waals surface area (Å²) in [5.41, 5.74) is 1.28. The van der Waals surface area contributed by atoms with Gasteiger partial charge in [-0.2, -0.15) is 0 Å². The zero-order valence-corrected chi connectivity index (χ0v) is 8.69.